The van der Waals surface area contributed by atoms with Gasteiger partial charge >= 0.3 is 0 Å². The topological polar surface area (TPSA) is 36.4 Å². The minimum absolute atomic E-state index is 0. The van der Waals surface area contributed by atoms with Crippen molar-refractivity contribution in [2.24, 2.45) is 10.9 Å². The van der Waals surface area contributed by atoms with Crippen molar-refractivity contribution in [3.63, 3.8) is 0 Å². The molecule has 1 fully saturated rings. The smallest absolute Gasteiger partial charge is 0.191 e. The highest BCUT2D eigenvalue weighted by atomic mass is 127. The Balaban J connectivity index is 0.00000162. The van der Waals surface area contributed by atoms with Gasteiger partial charge in [0, 0.05) is 24.7 Å². The first-order chi connectivity index (χ1) is 8.20. The number of hydrogen-bond acceptors (Lipinski definition) is 1. The van der Waals surface area contributed by atoms with Gasteiger partial charge in [0.15, 0.2) is 5.96 Å². The molecule has 2 atom stereocenters. The normalized spacial score (nSPS) is 22.1. The van der Waals surface area contributed by atoms with Gasteiger partial charge in [-0.25, -0.2) is 0 Å². The van der Waals surface area contributed by atoms with Crippen molar-refractivity contribution in [1.29, 1.82) is 0 Å². The Hall–Kier alpha value is -0.490. The Morgan fingerprint density at radius 1 is 1.44 bits per heavy atom. The van der Waals surface area contributed by atoms with E-state index in [1.807, 2.05) is 24.3 Å². The molecule has 0 radical (unpaired) electrons. The summed E-state index contributed by atoms with van der Waals surface area (Å²) in [6.45, 7) is 2.93. The summed E-state index contributed by atoms with van der Waals surface area (Å²) in [6.07, 6.45) is 1.23. The standard InChI is InChI=1S/C13H18ClN3.HI/c1-9-7-12(9)17-13(15-2)16-8-10-5-3-4-6-11(10)14;/h3-6,9,12H,7-8H2,1-2H3,(H2,15,16,17);1H. The van der Waals surface area contributed by atoms with Gasteiger partial charge in [0.2, 0.25) is 0 Å². The lowest BCUT2D eigenvalue weighted by Gasteiger charge is -2.12. The molecule has 2 N–H and O–H groups in total. The highest BCUT2D eigenvalue weighted by molar-refractivity contribution is 14.0. The van der Waals surface area contributed by atoms with Gasteiger partial charge in [-0.2, -0.15) is 0 Å². The molecule has 0 bridgehead atoms. The van der Waals surface area contributed by atoms with Crippen molar-refractivity contribution in [3.8, 4) is 0 Å². The van der Waals surface area contributed by atoms with Crippen LogP contribution in [0.25, 0.3) is 0 Å². The number of aliphatic imine (C=N–C) groups is 1. The second kappa shape index (κ2) is 7.19. The van der Waals surface area contributed by atoms with Crippen molar-refractivity contribution < 1.29 is 0 Å². The van der Waals surface area contributed by atoms with Crippen molar-refractivity contribution >= 4 is 41.5 Å². The number of halogens is 2. The zero-order chi connectivity index (χ0) is 12.3. The first kappa shape index (κ1) is 15.6. The van der Waals surface area contributed by atoms with E-state index in [4.69, 9.17) is 11.6 Å². The molecule has 2 rings (SSSR count). The maximum atomic E-state index is 6.09. The van der Waals surface area contributed by atoms with Gasteiger partial charge in [-0.05, 0) is 24.0 Å². The summed E-state index contributed by atoms with van der Waals surface area (Å²) in [4.78, 5) is 4.20. The van der Waals surface area contributed by atoms with Crippen LogP contribution in [0.2, 0.25) is 5.02 Å². The number of benzene rings is 1. The van der Waals surface area contributed by atoms with E-state index < -0.39 is 0 Å². The van der Waals surface area contributed by atoms with Crippen LogP contribution in [0.1, 0.15) is 18.9 Å². The van der Waals surface area contributed by atoms with Gasteiger partial charge in [-0.15, -0.1) is 24.0 Å². The van der Waals surface area contributed by atoms with Crippen LogP contribution in [-0.2, 0) is 6.54 Å². The summed E-state index contributed by atoms with van der Waals surface area (Å²) in [6, 6.07) is 8.42. The molecule has 0 aromatic heterocycles. The third-order valence-electron chi connectivity index (χ3n) is 3.06. The molecule has 0 aliphatic heterocycles. The lowest BCUT2D eigenvalue weighted by Crippen LogP contribution is -2.38. The average Bonchev–Trinajstić information content (AvgIpc) is 3.02. The molecule has 1 aromatic rings. The summed E-state index contributed by atoms with van der Waals surface area (Å²) in [5.74, 6) is 1.60. The fraction of sp³-hybridized carbons (Fsp3) is 0.462. The predicted octanol–water partition coefficient (Wildman–Crippen LogP) is 3.03. The first-order valence-electron chi connectivity index (χ1n) is 5.91. The van der Waals surface area contributed by atoms with Crippen molar-refractivity contribution in [3.05, 3.63) is 34.9 Å². The summed E-state index contributed by atoms with van der Waals surface area (Å²) in [5.41, 5.74) is 1.08. The molecule has 1 saturated carbocycles. The second-order valence-corrected chi connectivity index (χ2v) is 4.89. The SMILES string of the molecule is CN=C(NCc1ccccc1Cl)NC1CC1C.I. The Morgan fingerprint density at radius 2 is 2.11 bits per heavy atom. The Kier molecular flexibility index (Phi) is 6.21. The highest BCUT2D eigenvalue weighted by Gasteiger charge is 2.33. The van der Waals surface area contributed by atoms with E-state index in [1.165, 1.54) is 6.42 Å². The van der Waals surface area contributed by atoms with Crippen LogP contribution in [0.4, 0.5) is 0 Å². The zero-order valence-corrected chi connectivity index (χ0v) is 13.7. The molecule has 0 heterocycles. The van der Waals surface area contributed by atoms with E-state index in [1.54, 1.807) is 7.05 Å². The van der Waals surface area contributed by atoms with Gasteiger partial charge in [0.25, 0.3) is 0 Å². The van der Waals surface area contributed by atoms with Gasteiger partial charge in [0.1, 0.15) is 0 Å². The van der Waals surface area contributed by atoms with E-state index in [-0.39, 0.29) is 24.0 Å². The largest absolute Gasteiger partial charge is 0.353 e. The van der Waals surface area contributed by atoms with Crippen molar-refractivity contribution in [2.75, 3.05) is 7.05 Å². The fourth-order valence-corrected chi connectivity index (χ4v) is 1.92. The van der Waals surface area contributed by atoms with Crippen LogP contribution >= 0.6 is 35.6 Å². The first-order valence-corrected chi connectivity index (χ1v) is 6.29. The Morgan fingerprint density at radius 3 is 2.67 bits per heavy atom. The second-order valence-electron chi connectivity index (χ2n) is 4.48. The van der Waals surface area contributed by atoms with Gasteiger partial charge in [0.05, 0.1) is 0 Å². The number of guanidine groups is 1. The van der Waals surface area contributed by atoms with Crippen LogP contribution in [0.3, 0.4) is 0 Å². The molecule has 1 aromatic carbocycles. The number of hydrogen-bond donors (Lipinski definition) is 2. The summed E-state index contributed by atoms with van der Waals surface area (Å²) in [7, 11) is 1.79. The molecular weight excluding hydrogens is 361 g/mol. The Labute approximate surface area is 130 Å². The molecule has 1 aliphatic rings. The zero-order valence-electron chi connectivity index (χ0n) is 10.6. The molecule has 0 spiro atoms. The van der Waals surface area contributed by atoms with Crippen LogP contribution in [-0.4, -0.2) is 19.0 Å². The lowest BCUT2D eigenvalue weighted by molar-refractivity contribution is 0.763. The molecule has 2 unspecified atom stereocenters. The quantitative estimate of drug-likeness (QED) is 0.481. The summed E-state index contributed by atoms with van der Waals surface area (Å²) >= 11 is 6.09. The maximum Gasteiger partial charge on any atom is 0.191 e. The number of nitrogens with one attached hydrogen (secondary N) is 2. The summed E-state index contributed by atoms with van der Waals surface area (Å²) < 4.78 is 0. The molecule has 18 heavy (non-hydrogen) atoms. The fourth-order valence-electron chi connectivity index (χ4n) is 1.71. The van der Waals surface area contributed by atoms with E-state index in [0.717, 1.165) is 22.5 Å². The molecule has 0 amide bonds. The van der Waals surface area contributed by atoms with Crippen molar-refractivity contribution in [1.82, 2.24) is 10.6 Å². The van der Waals surface area contributed by atoms with Gasteiger partial charge in [-0.1, -0.05) is 36.7 Å². The van der Waals surface area contributed by atoms with E-state index >= 15 is 0 Å². The monoisotopic (exact) mass is 379 g/mol. The number of nitrogens with zero attached hydrogens (tertiary/aromatic N) is 1. The van der Waals surface area contributed by atoms with E-state index in [9.17, 15) is 0 Å². The van der Waals surface area contributed by atoms with Crippen LogP contribution in [0.5, 0.6) is 0 Å². The third-order valence-corrected chi connectivity index (χ3v) is 3.43. The van der Waals surface area contributed by atoms with E-state index in [0.29, 0.717) is 12.6 Å². The van der Waals surface area contributed by atoms with Crippen LogP contribution < -0.4 is 10.6 Å². The third kappa shape index (κ3) is 4.31. The van der Waals surface area contributed by atoms with Gasteiger partial charge in [-0.3, -0.25) is 4.99 Å². The molecular formula is C13H19ClIN3. The average molecular weight is 380 g/mol. The molecule has 100 valence electrons. The van der Waals surface area contributed by atoms with Crippen LogP contribution in [0, 0.1) is 5.92 Å². The van der Waals surface area contributed by atoms with Crippen LogP contribution in [0.15, 0.2) is 29.3 Å². The predicted molar refractivity (Wildman–Crippen MR) is 87.8 cm³/mol. The maximum absolute atomic E-state index is 6.09. The number of rotatable bonds is 3. The summed E-state index contributed by atoms with van der Waals surface area (Å²) in [5, 5.41) is 7.44. The minimum atomic E-state index is 0. The molecule has 0 saturated heterocycles. The van der Waals surface area contributed by atoms with E-state index in [2.05, 4.69) is 22.5 Å². The molecule has 5 heteroatoms. The molecule has 3 nitrogen and oxygen atoms in total. The Bertz CT molecular complexity index is 422. The minimum Gasteiger partial charge on any atom is -0.353 e. The lowest BCUT2D eigenvalue weighted by atomic mass is 10.2. The van der Waals surface area contributed by atoms with Crippen molar-refractivity contribution in [2.45, 2.75) is 25.9 Å². The molecule has 1 aliphatic carbocycles. The highest BCUT2D eigenvalue weighted by Crippen LogP contribution is 2.28. The van der Waals surface area contributed by atoms with Gasteiger partial charge < -0.3 is 10.6 Å².